The Balaban J connectivity index is 0.00000225. The van der Waals surface area contributed by atoms with Gasteiger partial charge in [0.15, 0.2) is 0 Å². The molecule has 1 fully saturated rings. The topological polar surface area (TPSA) is 46.3 Å². The summed E-state index contributed by atoms with van der Waals surface area (Å²) in [5.41, 5.74) is 7.54. The first-order valence-corrected chi connectivity index (χ1v) is 8.07. The SMILES string of the molecule is Cl.N[C@@H]1CN(C(=O)CCc2cc(F)ccc2F)C[C@H]1c1ccccc1. The molecule has 1 aliphatic heterocycles. The Morgan fingerprint density at radius 3 is 2.56 bits per heavy atom. The summed E-state index contributed by atoms with van der Waals surface area (Å²) in [6, 6.07) is 13.1. The van der Waals surface area contributed by atoms with Crippen molar-refractivity contribution in [2.75, 3.05) is 13.1 Å². The third-order valence-corrected chi connectivity index (χ3v) is 4.56. The molecule has 6 heteroatoms. The Morgan fingerprint density at radius 2 is 1.84 bits per heavy atom. The Morgan fingerprint density at radius 1 is 1.12 bits per heavy atom. The first kappa shape index (κ1) is 19.3. The van der Waals surface area contributed by atoms with E-state index in [0.29, 0.717) is 13.1 Å². The number of halogens is 3. The average molecular weight is 367 g/mol. The van der Waals surface area contributed by atoms with Crippen molar-refractivity contribution in [3.8, 4) is 0 Å². The number of benzene rings is 2. The van der Waals surface area contributed by atoms with E-state index in [9.17, 15) is 13.6 Å². The predicted molar refractivity (Wildman–Crippen MR) is 95.7 cm³/mol. The molecule has 3 nitrogen and oxygen atoms in total. The van der Waals surface area contributed by atoms with Crippen molar-refractivity contribution in [1.29, 1.82) is 0 Å². The zero-order chi connectivity index (χ0) is 17.1. The van der Waals surface area contributed by atoms with Crippen molar-refractivity contribution < 1.29 is 13.6 Å². The van der Waals surface area contributed by atoms with Gasteiger partial charge >= 0.3 is 0 Å². The van der Waals surface area contributed by atoms with E-state index in [-0.39, 0.29) is 48.7 Å². The van der Waals surface area contributed by atoms with Crippen molar-refractivity contribution in [3.05, 3.63) is 71.3 Å². The van der Waals surface area contributed by atoms with E-state index in [2.05, 4.69) is 0 Å². The molecular formula is C19H21ClF2N2O. The monoisotopic (exact) mass is 366 g/mol. The Kier molecular flexibility index (Phi) is 6.51. The van der Waals surface area contributed by atoms with E-state index in [1.165, 1.54) is 0 Å². The van der Waals surface area contributed by atoms with Crippen LogP contribution in [0.5, 0.6) is 0 Å². The molecule has 1 amide bonds. The van der Waals surface area contributed by atoms with E-state index >= 15 is 0 Å². The van der Waals surface area contributed by atoms with Gasteiger partial charge in [0.25, 0.3) is 0 Å². The summed E-state index contributed by atoms with van der Waals surface area (Å²) >= 11 is 0. The van der Waals surface area contributed by atoms with Crippen LogP contribution in [0, 0.1) is 11.6 Å². The third kappa shape index (κ3) is 4.55. The van der Waals surface area contributed by atoms with Crippen LogP contribution in [0.25, 0.3) is 0 Å². The lowest BCUT2D eigenvalue weighted by Gasteiger charge is -2.16. The summed E-state index contributed by atoms with van der Waals surface area (Å²) in [4.78, 5) is 14.1. The number of aryl methyl sites for hydroxylation is 1. The highest BCUT2D eigenvalue weighted by Crippen LogP contribution is 2.27. The van der Waals surface area contributed by atoms with Crippen LogP contribution in [0.4, 0.5) is 8.78 Å². The van der Waals surface area contributed by atoms with Crippen LogP contribution in [0.2, 0.25) is 0 Å². The summed E-state index contributed by atoms with van der Waals surface area (Å²) in [7, 11) is 0. The molecule has 2 atom stereocenters. The fraction of sp³-hybridized carbons (Fsp3) is 0.316. The molecule has 1 saturated heterocycles. The van der Waals surface area contributed by atoms with Gasteiger partial charge in [-0.1, -0.05) is 30.3 Å². The Bertz CT molecular complexity index is 727. The van der Waals surface area contributed by atoms with Gasteiger partial charge in [0, 0.05) is 31.5 Å². The normalized spacial score (nSPS) is 19.6. The summed E-state index contributed by atoms with van der Waals surface area (Å²) in [5, 5.41) is 0. The van der Waals surface area contributed by atoms with Crippen molar-refractivity contribution in [1.82, 2.24) is 4.90 Å². The van der Waals surface area contributed by atoms with E-state index < -0.39 is 11.6 Å². The lowest BCUT2D eigenvalue weighted by Crippen LogP contribution is -2.32. The van der Waals surface area contributed by atoms with Crippen molar-refractivity contribution in [2.45, 2.75) is 24.8 Å². The van der Waals surface area contributed by atoms with Gasteiger partial charge in [0.2, 0.25) is 5.91 Å². The second-order valence-corrected chi connectivity index (χ2v) is 6.22. The maximum Gasteiger partial charge on any atom is 0.222 e. The highest BCUT2D eigenvalue weighted by atomic mass is 35.5. The number of amides is 1. The number of likely N-dealkylation sites (tertiary alicyclic amines) is 1. The summed E-state index contributed by atoms with van der Waals surface area (Å²) in [6.45, 7) is 1.06. The molecule has 1 heterocycles. The molecule has 0 radical (unpaired) electrons. The fourth-order valence-corrected chi connectivity index (χ4v) is 3.22. The zero-order valence-corrected chi connectivity index (χ0v) is 14.5. The van der Waals surface area contributed by atoms with Gasteiger partial charge in [0.1, 0.15) is 11.6 Å². The largest absolute Gasteiger partial charge is 0.340 e. The van der Waals surface area contributed by atoms with Gasteiger partial charge < -0.3 is 10.6 Å². The lowest BCUT2D eigenvalue weighted by atomic mass is 9.95. The molecule has 0 aromatic heterocycles. The lowest BCUT2D eigenvalue weighted by molar-refractivity contribution is -0.130. The van der Waals surface area contributed by atoms with E-state index in [1.807, 2.05) is 30.3 Å². The highest BCUT2D eigenvalue weighted by Gasteiger charge is 2.33. The minimum Gasteiger partial charge on any atom is -0.340 e. The standard InChI is InChI=1S/C19H20F2N2O.ClH/c20-15-7-8-17(21)14(10-15)6-9-19(24)23-11-16(18(22)12-23)13-4-2-1-3-5-13;/h1-5,7-8,10,16,18H,6,9,11-12,22H2;1H/t16-,18+;/m0./s1. The van der Waals surface area contributed by atoms with Crippen molar-refractivity contribution in [2.24, 2.45) is 5.73 Å². The molecule has 0 bridgehead atoms. The molecule has 1 aliphatic rings. The van der Waals surface area contributed by atoms with Crippen LogP contribution < -0.4 is 5.73 Å². The van der Waals surface area contributed by atoms with Crippen molar-refractivity contribution >= 4 is 18.3 Å². The number of carbonyl (C=O) groups is 1. The summed E-state index contributed by atoms with van der Waals surface area (Å²) in [6.07, 6.45) is 0.332. The molecule has 2 aromatic rings. The van der Waals surface area contributed by atoms with Crippen LogP contribution in [0.3, 0.4) is 0 Å². The van der Waals surface area contributed by atoms with Crippen LogP contribution in [-0.4, -0.2) is 29.9 Å². The summed E-state index contributed by atoms with van der Waals surface area (Å²) < 4.78 is 26.8. The molecule has 3 rings (SSSR count). The van der Waals surface area contributed by atoms with Crippen LogP contribution in [0.1, 0.15) is 23.5 Å². The number of hydrogen-bond acceptors (Lipinski definition) is 2. The van der Waals surface area contributed by atoms with E-state index in [4.69, 9.17) is 5.73 Å². The number of hydrogen-bond donors (Lipinski definition) is 1. The van der Waals surface area contributed by atoms with Gasteiger partial charge in [-0.2, -0.15) is 0 Å². The molecule has 0 unspecified atom stereocenters. The van der Waals surface area contributed by atoms with Gasteiger partial charge in [-0.15, -0.1) is 12.4 Å². The van der Waals surface area contributed by atoms with Crippen molar-refractivity contribution in [3.63, 3.8) is 0 Å². The first-order chi connectivity index (χ1) is 11.5. The van der Waals surface area contributed by atoms with Gasteiger partial charge in [-0.05, 0) is 35.7 Å². The van der Waals surface area contributed by atoms with Crippen LogP contribution in [-0.2, 0) is 11.2 Å². The second kappa shape index (κ2) is 8.41. The fourth-order valence-electron chi connectivity index (χ4n) is 3.22. The maximum absolute atomic E-state index is 13.6. The minimum atomic E-state index is -0.494. The second-order valence-electron chi connectivity index (χ2n) is 6.22. The quantitative estimate of drug-likeness (QED) is 0.902. The minimum absolute atomic E-state index is 0. The molecule has 2 aromatic carbocycles. The highest BCUT2D eigenvalue weighted by molar-refractivity contribution is 5.85. The predicted octanol–water partition coefficient (Wildman–Crippen LogP) is 3.27. The number of nitrogens with zero attached hydrogens (tertiary/aromatic N) is 1. The smallest absolute Gasteiger partial charge is 0.222 e. The zero-order valence-electron chi connectivity index (χ0n) is 13.7. The number of nitrogens with two attached hydrogens (primary N) is 1. The Hall–Kier alpha value is -1.98. The van der Waals surface area contributed by atoms with E-state index in [1.54, 1.807) is 4.90 Å². The third-order valence-electron chi connectivity index (χ3n) is 4.56. The van der Waals surface area contributed by atoms with Crippen LogP contribution >= 0.6 is 12.4 Å². The number of rotatable bonds is 4. The average Bonchev–Trinajstić information content (AvgIpc) is 2.98. The summed E-state index contributed by atoms with van der Waals surface area (Å²) in [5.74, 6) is -0.940. The van der Waals surface area contributed by atoms with Gasteiger partial charge in [-0.25, -0.2) is 8.78 Å². The number of carbonyl (C=O) groups excluding carboxylic acids is 1. The molecule has 25 heavy (non-hydrogen) atoms. The Labute approximate surface area is 152 Å². The first-order valence-electron chi connectivity index (χ1n) is 8.07. The molecule has 134 valence electrons. The molecule has 0 saturated carbocycles. The van der Waals surface area contributed by atoms with Crippen LogP contribution in [0.15, 0.2) is 48.5 Å². The maximum atomic E-state index is 13.6. The molecule has 2 N–H and O–H groups in total. The van der Waals surface area contributed by atoms with E-state index in [0.717, 1.165) is 23.8 Å². The molecular weight excluding hydrogens is 346 g/mol. The van der Waals surface area contributed by atoms with Gasteiger partial charge in [0.05, 0.1) is 0 Å². The van der Waals surface area contributed by atoms with Gasteiger partial charge in [-0.3, -0.25) is 4.79 Å². The molecule has 0 spiro atoms. The molecule has 0 aliphatic carbocycles.